The molecule has 5 heteroatoms. The zero-order chi connectivity index (χ0) is 13.7. The maximum Gasteiger partial charge on any atom is 0.149 e. The Morgan fingerprint density at radius 2 is 2.05 bits per heavy atom. The monoisotopic (exact) mass is 276 g/mol. The minimum Gasteiger partial charge on any atom is -0.369 e. The van der Waals surface area contributed by atoms with E-state index in [1.807, 2.05) is 43.1 Å². The molecule has 1 aromatic heterocycles. The van der Waals surface area contributed by atoms with Crippen molar-refractivity contribution < 1.29 is 0 Å². The Hall–Kier alpha value is -1.81. The van der Waals surface area contributed by atoms with Crippen LogP contribution in [0.25, 0.3) is 0 Å². The third-order valence-electron chi connectivity index (χ3n) is 2.74. The quantitative estimate of drug-likeness (QED) is 0.911. The normalized spacial score (nSPS) is 10.3. The lowest BCUT2D eigenvalue weighted by Crippen LogP contribution is -2.18. The Bertz CT molecular complexity index is 544. The van der Waals surface area contributed by atoms with E-state index in [1.165, 1.54) is 0 Å². The number of nitrogens with zero attached hydrogens (tertiary/aromatic N) is 3. The number of benzene rings is 1. The number of rotatable bonds is 5. The second kappa shape index (κ2) is 6.38. The van der Waals surface area contributed by atoms with E-state index in [-0.39, 0.29) is 0 Å². The molecule has 4 nitrogen and oxygen atoms in total. The van der Waals surface area contributed by atoms with E-state index >= 15 is 0 Å². The molecular formula is C14H17ClN4. The molecule has 0 unspecified atom stereocenters. The van der Waals surface area contributed by atoms with Crippen LogP contribution in [0.3, 0.4) is 0 Å². The first-order chi connectivity index (χ1) is 9.20. The van der Waals surface area contributed by atoms with Gasteiger partial charge >= 0.3 is 0 Å². The van der Waals surface area contributed by atoms with Crippen molar-refractivity contribution in [1.82, 2.24) is 9.97 Å². The fourth-order valence-electron chi connectivity index (χ4n) is 1.77. The number of anilines is 2. The number of halogens is 1. The van der Waals surface area contributed by atoms with Gasteiger partial charge in [-0.1, -0.05) is 29.8 Å². The Morgan fingerprint density at radius 1 is 1.26 bits per heavy atom. The van der Waals surface area contributed by atoms with Gasteiger partial charge in [-0.3, -0.25) is 4.98 Å². The van der Waals surface area contributed by atoms with E-state index in [0.29, 0.717) is 6.54 Å². The van der Waals surface area contributed by atoms with Crippen LogP contribution in [0.2, 0.25) is 5.02 Å². The molecule has 0 amide bonds. The number of hydrogen-bond acceptors (Lipinski definition) is 4. The third-order valence-corrected chi connectivity index (χ3v) is 3.10. The zero-order valence-electron chi connectivity index (χ0n) is 11.1. The molecule has 0 fully saturated rings. The summed E-state index contributed by atoms with van der Waals surface area (Å²) in [5.74, 6) is 1.60. The number of aromatic nitrogens is 2. The summed E-state index contributed by atoms with van der Waals surface area (Å²) in [6.45, 7) is 3.55. The minimum atomic E-state index is 0.698. The van der Waals surface area contributed by atoms with Gasteiger partial charge in [0.1, 0.15) is 11.6 Å². The molecule has 0 spiro atoms. The van der Waals surface area contributed by atoms with Crippen LogP contribution in [0.1, 0.15) is 12.5 Å². The predicted octanol–water partition coefficient (Wildman–Crippen LogP) is 3.20. The first-order valence-electron chi connectivity index (χ1n) is 6.21. The standard InChI is InChI=1S/C14H17ClN4/c1-3-17-13-8-16-9-14(18-13)19(2)10-11-6-4-5-7-12(11)15/h4-9H,3,10H2,1-2H3,(H,17,18). The lowest BCUT2D eigenvalue weighted by atomic mass is 10.2. The van der Waals surface area contributed by atoms with Crippen molar-refractivity contribution in [2.75, 3.05) is 23.8 Å². The van der Waals surface area contributed by atoms with E-state index < -0.39 is 0 Å². The van der Waals surface area contributed by atoms with Crippen LogP contribution in [0.15, 0.2) is 36.7 Å². The summed E-state index contributed by atoms with van der Waals surface area (Å²) in [6.07, 6.45) is 3.47. The Kier molecular flexibility index (Phi) is 4.58. The van der Waals surface area contributed by atoms with Crippen LogP contribution in [0, 0.1) is 0 Å². The van der Waals surface area contributed by atoms with E-state index in [4.69, 9.17) is 11.6 Å². The lowest BCUT2D eigenvalue weighted by molar-refractivity contribution is 0.889. The lowest BCUT2D eigenvalue weighted by Gasteiger charge is -2.19. The molecule has 1 N–H and O–H groups in total. The van der Waals surface area contributed by atoms with Crippen LogP contribution in [0.4, 0.5) is 11.6 Å². The number of hydrogen-bond donors (Lipinski definition) is 1. The average Bonchev–Trinajstić information content (AvgIpc) is 2.42. The summed E-state index contributed by atoms with van der Waals surface area (Å²) in [7, 11) is 1.98. The molecule has 0 atom stereocenters. The molecule has 0 aliphatic carbocycles. The van der Waals surface area contributed by atoms with E-state index in [9.17, 15) is 0 Å². The summed E-state index contributed by atoms with van der Waals surface area (Å²) in [5.41, 5.74) is 1.07. The van der Waals surface area contributed by atoms with Gasteiger partial charge in [-0.05, 0) is 18.6 Å². The van der Waals surface area contributed by atoms with Crippen LogP contribution in [0.5, 0.6) is 0 Å². The summed E-state index contributed by atoms with van der Waals surface area (Å²) >= 11 is 6.16. The van der Waals surface area contributed by atoms with Crippen LogP contribution in [-0.2, 0) is 6.54 Å². The first kappa shape index (κ1) is 13.6. The highest BCUT2D eigenvalue weighted by Gasteiger charge is 2.07. The number of nitrogens with one attached hydrogen (secondary N) is 1. The molecule has 0 radical (unpaired) electrons. The third kappa shape index (κ3) is 3.58. The second-order valence-corrected chi connectivity index (χ2v) is 4.65. The minimum absolute atomic E-state index is 0.698. The average molecular weight is 277 g/mol. The molecular weight excluding hydrogens is 260 g/mol. The molecule has 100 valence electrons. The Morgan fingerprint density at radius 3 is 2.79 bits per heavy atom. The van der Waals surface area contributed by atoms with Crippen molar-refractivity contribution in [3.63, 3.8) is 0 Å². The van der Waals surface area contributed by atoms with E-state index in [1.54, 1.807) is 12.4 Å². The molecule has 0 aliphatic rings. The van der Waals surface area contributed by atoms with Gasteiger partial charge < -0.3 is 10.2 Å². The SMILES string of the molecule is CCNc1cncc(N(C)Cc2ccccc2Cl)n1. The summed E-state index contributed by atoms with van der Waals surface area (Å²) in [5, 5.41) is 3.92. The van der Waals surface area contributed by atoms with Gasteiger partial charge in [0.15, 0.2) is 0 Å². The van der Waals surface area contributed by atoms with Crippen LogP contribution >= 0.6 is 11.6 Å². The van der Waals surface area contributed by atoms with Crippen LogP contribution < -0.4 is 10.2 Å². The topological polar surface area (TPSA) is 41.1 Å². The van der Waals surface area contributed by atoms with Crippen molar-refractivity contribution in [3.05, 3.63) is 47.2 Å². The van der Waals surface area contributed by atoms with Gasteiger partial charge in [0, 0.05) is 25.2 Å². The van der Waals surface area contributed by atoms with Gasteiger partial charge in [-0.15, -0.1) is 0 Å². The molecule has 0 saturated carbocycles. The molecule has 2 rings (SSSR count). The van der Waals surface area contributed by atoms with Gasteiger partial charge in [0.05, 0.1) is 12.4 Å². The van der Waals surface area contributed by atoms with E-state index in [0.717, 1.165) is 28.8 Å². The van der Waals surface area contributed by atoms with Gasteiger partial charge in [0.25, 0.3) is 0 Å². The largest absolute Gasteiger partial charge is 0.369 e. The van der Waals surface area contributed by atoms with Crippen molar-refractivity contribution in [2.24, 2.45) is 0 Å². The van der Waals surface area contributed by atoms with Gasteiger partial charge in [-0.25, -0.2) is 4.98 Å². The molecule has 0 aliphatic heterocycles. The van der Waals surface area contributed by atoms with Crippen molar-refractivity contribution in [3.8, 4) is 0 Å². The summed E-state index contributed by atoms with van der Waals surface area (Å²) in [4.78, 5) is 10.7. The zero-order valence-corrected chi connectivity index (χ0v) is 11.9. The van der Waals surface area contributed by atoms with Crippen LogP contribution in [-0.4, -0.2) is 23.6 Å². The first-order valence-corrected chi connectivity index (χ1v) is 6.59. The maximum absolute atomic E-state index is 6.16. The summed E-state index contributed by atoms with van der Waals surface area (Å²) < 4.78 is 0. The fourth-order valence-corrected chi connectivity index (χ4v) is 1.96. The highest BCUT2D eigenvalue weighted by atomic mass is 35.5. The summed E-state index contributed by atoms with van der Waals surface area (Å²) in [6, 6.07) is 7.82. The van der Waals surface area contributed by atoms with Gasteiger partial charge in [0.2, 0.25) is 0 Å². The maximum atomic E-state index is 6.16. The fraction of sp³-hybridized carbons (Fsp3) is 0.286. The molecule has 2 aromatic rings. The predicted molar refractivity (Wildman–Crippen MR) is 79.8 cm³/mol. The Labute approximate surface area is 118 Å². The van der Waals surface area contributed by atoms with Gasteiger partial charge in [-0.2, -0.15) is 0 Å². The highest BCUT2D eigenvalue weighted by Crippen LogP contribution is 2.19. The van der Waals surface area contributed by atoms with Crippen molar-refractivity contribution in [1.29, 1.82) is 0 Å². The second-order valence-electron chi connectivity index (χ2n) is 4.24. The van der Waals surface area contributed by atoms with Crippen molar-refractivity contribution >= 4 is 23.2 Å². The molecule has 1 aromatic carbocycles. The molecule has 0 saturated heterocycles. The smallest absolute Gasteiger partial charge is 0.149 e. The van der Waals surface area contributed by atoms with Crippen molar-refractivity contribution in [2.45, 2.75) is 13.5 Å². The van der Waals surface area contributed by atoms with E-state index in [2.05, 4.69) is 15.3 Å². The molecule has 1 heterocycles. The molecule has 19 heavy (non-hydrogen) atoms. The molecule has 0 bridgehead atoms. The highest BCUT2D eigenvalue weighted by molar-refractivity contribution is 6.31. The Balaban J connectivity index is 2.13.